The number of aromatic nitrogens is 1. The molecule has 1 N–H and O–H groups in total. The van der Waals surface area contributed by atoms with E-state index in [-0.39, 0.29) is 5.91 Å². The molecule has 23 heavy (non-hydrogen) atoms. The fourth-order valence-electron chi connectivity index (χ4n) is 2.25. The molecule has 0 saturated carbocycles. The van der Waals surface area contributed by atoms with Gasteiger partial charge in [0.1, 0.15) is 0 Å². The largest absolute Gasteiger partial charge is 0.376 e. The number of nitrogens with zero attached hydrogens (tertiary/aromatic N) is 1. The number of carbonyl (C=O) groups is 1. The Morgan fingerprint density at radius 1 is 1.17 bits per heavy atom. The van der Waals surface area contributed by atoms with E-state index in [9.17, 15) is 4.79 Å². The molecule has 0 atom stereocenters. The summed E-state index contributed by atoms with van der Waals surface area (Å²) in [4.78, 5) is 16.4. The molecule has 0 bridgehead atoms. The first-order chi connectivity index (χ1) is 11.2. The van der Waals surface area contributed by atoms with Gasteiger partial charge in [0.15, 0.2) is 5.13 Å². The van der Waals surface area contributed by atoms with Crippen molar-refractivity contribution in [1.82, 2.24) is 4.98 Å². The van der Waals surface area contributed by atoms with Gasteiger partial charge < -0.3 is 10.1 Å². The molecular weight excluding hydrogens is 308 g/mol. The minimum Gasteiger partial charge on any atom is -0.376 e. The summed E-state index contributed by atoms with van der Waals surface area (Å²) in [5.41, 5.74) is 3.17. The summed E-state index contributed by atoms with van der Waals surface area (Å²) in [6, 6.07) is 16.0. The van der Waals surface area contributed by atoms with Gasteiger partial charge in [-0.25, -0.2) is 4.98 Å². The van der Waals surface area contributed by atoms with E-state index >= 15 is 0 Å². The zero-order valence-electron chi connectivity index (χ0n) is 12.9. The van der Waals surface area contributed by atoms with Gasteiger partial charge in [0.2, 0.25) is 5.91 Å². The van der Waals surface area contributed by atoms with E-state index in [1.807, 2.05) is 55.5 Å². The highest BCUT2D eigenvalue weighted by Crippen LogP contribution is 2.27. The number of amides is 1. The molecule has 0 spiro atoms. The number of benzene rings is 2. The van der Waals surface area contributed by atoms with Gasteiger partial charge in [0.25, 0.3) is 0 Å². The number of carbonyl (C=O) groups excluding carboxylic acids is 1. The quantitative estimate of drug-likeness (QED) is 0.692. The molecule has 5 heteroatoms. The Morgan fingerprint density at radius 2 is 2.00 bits per heavy atom. The molecular formula is C18H18N2O2S. The zero-order valence-corrected chi connectivity index (χ0v) is 13.7. The molecule has 1 heterocycles. The third-order valence-corrected chi connectivity index (χ3v) is 4.39. The molecule has 0 aliphatic heterocycles. The second-order valence-corrected chi connectivity index (χ2v) is 6.31. The van der Waals surface area contributed by atoms with E-state index in [2.05, 4.69) is 10.3 Å². The molecule has 118 valence electrons. The van der Waals surface area contributed by atoms with Crippen LogP contribution in [-0.2, 0) is 16.1 Å². The van der Waals surface area contributed by atoms with Crippen molar-refractivity contribution in [2.75, 3.05) is 11.9 Å². The van der Waals surface area contributed by atoms with Crippen molar-refractivity contribution in [3.8, 4) is 0 Å². The first-order valence-corrected chi connectivity index (χ1v) is 8.32. The highest BCUT2D eigenvalue weighted by Gasteiger charge is 2.09. The SMILES string of the molecule is Cc1cccc2sc(NC(=O)CCOCc3ccccc3)nc12. The number of rotatable bonds is 6. The van der Waals surface area contributed by atoms with Crippen molar-refractivity contribution >= 4 is 32.6 Å². The van der Waals surface area contributed by atoms with Gasteiger partial charge in [-0.05, 0) is 24.1 Å². The molecule has 0 aliphatic carbocycles. The molecule has 3 rings (SSSR count). The average Bonchev–Trinajstić information content (AvgIpc) is 2.96. The minimum absolute atomic E-state index is 0.0743. The molecule has 3 aromatic rings. The van der Waals surface area contributed by atoms with E-state index in [0.717, 1.165) is 21.3 Å². The summed E-state index contributed by atoms with van der Waals surface area (Å²) in [6.07, 6.45) is 0.321. The lowest BCUT2D eigenvalue weighted by Gasteiger charge is -2.04. The van der Waals surface area contributed by atoms with E-state index in [1.165, 1.54) is 11.3 Å². The molecule has 0 saturated heterocycles. The number of hydrogen-bond acceptors (Lipinski definition) is 4. The number of aryl methyl sites for hydroxylation is 1. The first-order valence-electron chi connectivity index (χ1n) is 7.50. The van der Waals surface area contributed by atoms with Crippen molar-refractivity contribution < 1.29 is 9.53 Å². The predicted octanol–water partition coefficient (Wildman–Crippen LogP) is 4.15. The van der Waals surface area contributed by atoms with Gasteiger partial charge in [-0.3, -0.25) is 4.79 Å². The van der Waals surface area contributed by atoms with Crippen LogP contribution < -0.4 is 5.32 Å². The summed E-state index contributed by atoms with van der Waals surface area (Å²) in [5.74, 6) is -0.0743. The van der Waals surface area contributed by atoms with Crippen LogP contribution in [0, 0.1) is 6.92 Å². The van der Waals surface area contributed by atoms with Crippen LogP contribution in [0.1, 0.15) is 17.5 Å². The van der Waals surface area contributed by atoms with Crippen LogP contribution in [0.5, 0.6) is 0 Å². The Labute approximate surface area is 139 Å². The monoisotopic (exact) mass is 326 g/mol. The van der Waals surface area contributed by atoms with Crippen molar-refractivity contribution in [3.05, 3.63) is 59.7 Å². The number of hydrogen-bond donors (Lipinski definition) is 1. The van der Waals surface area contributed by atoms with Crippen LogP contribution in [0.4, 0.5) is 5.13 Å². The van der Waals surface area contributed by atoms with Gasteiger partial charge in [-0.1, -0.05) is 53.8 Å². The number of thiazole rings is 1. The lowest BCUT2D eigenvalue weighted by molar-refractivity contribution is -0.117. The Bertz CT molecular complexity index is 799. The van der Waals surface area contributed by atoms with Crippen LogP contribution in [-0.4, -0.2) is 17.5 Å². The van der Waals surface area contributed by atoms with E-state index < -0.39 is 0 Å². The molecule has 2 aromatic carbocycles. The lowest BCUT2D eigenvalue weighted by Crippen LogP contribution is -2.13. The number of ether oxygens (including phenoxy) is 1. The number of nitrogens with one attached hydrogen (secondary N) is 1. The molecule has 1 aromatic heterocycles. The third kappa shape index (κ3) is 4.15. The second kappa shape index (κ2) is 7.35. The van der Waals surface area contributed by atoms with E-state index in [4.69, 9.17) is 4.74 Å². The van der Waals surface area contributed by atoms with Crippen LogP contribution in [0.2, 0.25) is 0 Å². The Kier molecular flexibility index (Phi) is 5.00. The minimum atomic E-state index is -0.0743. The number of anilines is 1. The Hall–Kier alpha value is -2.24. The van der Waals surface area contributed by atoms with Crippen LogP contribution >= 0.6 is 11.3 Å². The van der Waals surface area contributed by atoms with Crippen LogP contribution in [0.3, 0.4) is 0 Å². The van der Waals surface area contributed by atoms with Crippen molar-refractivity contribution in [2.45, 2.75) is 20.0 Å². The van der Waals surface area contributed by atoms with Crippen molar-refractivity contribution in [1.29, 1.82) is 0 Å². The van der Waals surface area contributed by atoms with E-state index in [0.29, 0.717) is 24.8 Å². The summed E-state index contributed by atoms with van der Waals surface area (Å²) >= 11 is 1.49. The third-order valence-electron chi connectivity index (χ3n) is 3.45. The predicted molar refractivity (Wildman–Crippen MR) is 93.7 cm³/mol. The fraction of sp³-hybridized carbons (Fsp3) is 0.222. The first kappa shape index (κ1) is 15.6. The highest BCUT2D eigenvalue weighted by molar-refractivity contribution is 7.22. The fourth-order valence-corrected chi connectivity index (χ4v) is 3.21. The maximum Gasteiger partial charge on any atom is 0.228 e. The maximum absolute atomic E-state index is 12.0. The molecule has 0 fully saturated rings. The van der Waals surface area contributed by atoms with Crippen molar-refractivity contribution in [2.24, 2.45) is 0 Å². The van der Waals surface area contributed by atoms with Gasteiger partial charge in [0.05, 0.1) is 29.9 Å². The zero-order chi connectivity index (χ0) is 16.1. The Morgan fingerprint density at radius 3 is 2.78 bits per heavy atom. The molecule has 1 amide bonds. The summed E-state index contributed by atoms with van der Waals surface area (Å²) < 4.78 is 6.61. The van der Waals surface area contributed by atoms with Crippen LogP contribution in [0.15, 0.2) is 48.5 Å². The number of fused-ring (bicyclic) bond motifs is 1. The van der Waals surface area contributed by atoms with Gasteiger partial charge in [-0.2, -0.15) is 0 Å². The highest BCUT2D eigenvalue weighted by atomic mass is 32.1. The maximum atomic E-state index is 12.0. The molecule has 0 radical (unpaired) electrons. The van der Waals surface area contributed by atoms with Crippen molar-refractivity contribution in [3.63, 3.8) is 0 Å². The van der Waals surface area contributed by atoms with Gasteiger partial charge >= 0.3 is 0 Å². The van der Waals surface area contributed by atoms with Crippen LogP contribution in [0.25, 0.3) is 10.2 Å². The average molecular weight is 326 g/mol. The molecule has 0 aliphatic rings. The summed E-state index contributed by atoms with van der Waals surface area (Å²) in [7, 11) is 0. The lowest BCUT2D eigenvalue weighted by atomic mass is 10.2. The van der Waals surface area contributed by atoms with E-state index in [1.54, 1.807) is 0 Å². The summed E-state index contributed by atoms with van der Waals surface area (Å²) in [5, 5.41) is 3.49. The normalized spacial score (nSPS) is 10.8. The van der Waals surface area contributed by atoms with Gasteiger partial charge in [-0.15, -0.1) is 0 Å². The topological polar surface area (TPSA) is 51.2 Å². The van der Waals surface area contributed by atoms with Gasteiger partial charge in [0, 0.05) is 0 Å². The number of para-hydroxylation sites is 1. The smallest absolute Gasteiger partial charge is 0.228 e. The molecule has 0 unspecified atom stereocenters. The standard InChI is InChI=1S/C18H18N2O2S/c1-13-6-5-9-15-17(13)20-18(23-15)19-16(21)10-11-22-12-14-7-3-2-4-8-14/h2-9H,10-12H2,1H3,(H,19,20,21). The Balaban J connectivity index is 1.48. The second-order valence-electron chi connectivity index (χ2n) is 5.28. The molecule has 4 nitrogen and oxygen atoms in total. The summed E-state index contributed by atoms with van der Waals surface area (Å²) in [6.45, 7) is 2.93.